The quantitative estimate of drug-likeness (QED) is 0.0627. The zero-order valence-corrected chi connectivity index (χ0v) is 31.1. The predicted molar refractivity (Wildman–Crippen MR) is 215 cm³/mol. The van der Waals surface area contributed by atoms with E-state index in [0.29, 0.717) is 53.8 Å². The molecule has 0 aliphatic rings. The molecule has 0 saturated heterocycles. The second-order valence-corrected chi connectivity index (χ2v) is 13.2. The first-order valence-electron chi connectivity index (χ1n) is 15.8. The molecule has 2 aromatic heterocycles. The number of carboxylic acid groups (broad SMARTS) is 2. The van der Waals surface area contributed by atoms with E-state index in [-0.39, 0.29) is 34.4 Å². The molecule has 280 valence electrons. The van der Waals surface area contributed by atoms with E-state index in [2.05, 4.69) is 25.9 Å². The molecule has 4 amide bonds. The van der Waals surface area contributed by atoms with Crippen LogP contribution < -0.4 is 21.7 Å². The van der Waals surface area contributed by atoms with Crippen LogP contribution in [0.15, 0.2) is 91.0 Å². The Bertz CT molecular complexity index is 2510. The van der Waals surface area contributed by atoms with Crippen molar-refractivity contribution in [2.24, 2.45) is 5.73 Å². The molecule has 0 bridgehead atoms. The molecular weight excluding hydrogens is 794 g/mol. The number of para-hydroxylation sites is 1. The van der Waals surface area contributed by atoms with E-state index in [1.165, 1.54) is 36.4 Å². The average Bonchev–Trinajstić information content (AvgIpc) is 3.69. The fourth-order valence-electron chi connectivity index (χ4n) is 5.32. The van der Waals surface area contributed by atoms with Gasteiger partial charge in [0.05, 0.1) is 10.0 Å². The molecule has 6 rings (SSSR count). The molecule has 4 aromatic carbocycles. The van der Waals surface area contributed by atoms with Gasteiger partial charge in [0.1, 0.15) is 11.4 Å². The van der Waals surface area contributed by atoms with Gasteiger partial charge in [0, 0.05) is 73.0 Å². The standard InChI is InChI=1S/C20H16Cl2N4O4.C18H12Cl2N2O3/c21-11-7-14(22)17-13(18(19(28)29)26-15(17)8-11)5-6-16(27)25-12-3-1-10(2-4-12)9-24-20(23)30;19-10-8-13(20)16-12(17(18(24)25)22-14(16)9-10)6-7-15(23)21-11-4-2-1-3-5-11/h1-8,26H,9H2,(H,25,27)(H,28,29)(H3,23,24,30);1-9,22H,(H,21,23)(H,24,25)/b6-5+;7-6+. The van der Waals surface area contributed by atoms with Crippen LogP contribution in [0.2, 0.25) is 20.1 Å². The van der Waals surface area contributed by atoms with Crippen molar-refractivity contribution >= 4 is 122 Å². The van der Waals surface area contributed by atoms with Crippen molar-refractivity contribution in [2.45, 2.75) is 6.54 Å². The number of hydrogen-bond donors (Lipinski definition) is 8. The summed E-state index contributed by atoms with van der Waals surface area (Å²) in [6.07, 6.45) is 5.26. The Balaban J connectivity index is 0.000000214. The maximum atomic E-state index is 12.3. The average molecular weight is 822 g/mol. The van der Waals surface area contributed by atoms with Gasteiger partial charge in [-0.2, -0.15) is 0 Å². The molecule has 0 fully saturated rings. The Morgan fingerprint density at radius 2 is 1.07 bits per heavy atom. The van der Waals surface area contributed by atoms with Crippen LogP contribution in [0.5, 0.6) is 0 Å². The normalized spacial score (nSPS) is 11.1. The molecule has 0 aliphatic carbocycles. The molecule has 0 radical (unpaired) electrons. The first-order chi connectivity index (χ1) is 26.2. The molecule has 6 aromatic rings. The lowest BCUT2D eigenvalue weighted by atomic mass is 10.1. The number of urea groups is 1. The number of aromatic amines is 2. The fraction of sp³-hybridized carbons (Fsp3) is 0.0263. The topological polar surface area (TPSA) is 219 Å². The number of primary amides is 1. The summed E-state index contributed by atoms with van der Waals surface area (Å²) in [5.41, 5.74) is 8.33. The number of anilines is 2. The van der Waals surface area contributed by atoms with E-state index in [1.807, 2.05) is 6.07 Å². The smallest absolute Gasteiger partial charge is 0.352 e. The molecule has 0 unspecified atom stereocenters. The number of benzene rings is 4. The Hall–Kier alpha value is -6.25. The largest absolute Gasteiger partial charge is 0.477 e. The SMILES string of the molecule is NC(=O)NCc1ccc(NC(=O)/C=C/c2c(C(=O)O)[nH]c3cc(Cl)cc(Cl)c23)cc1.O=C(/C=C/c1c(C(=O)O)[nH]c2cc(Cl)cc(Cl)c12)Nc1ccccc1. The highest BCUT2D eigenvalue weighted by atomic mass is 35.5. The summed E-state index contributed by atoms with van der Waals surface area (Å²) in [4.78, 5) is 63.6. The number of amides is 4. The number of halogens is 4. The van der Waals surface area contributed by atoms with Gasteiger partial charge in [-0.1, -0.05) is 76.7 Å². The zero-order valence-electron chi connectivity index (χ0n) is 28.0. The van der Waals surface area contributed by atoms with Crippen molar-refractivity contribution in [1.29, 1.82) is 0 Å². The molecule has 0 saturated carbocycles. The lowest BCUT2D eigenvalue weighted by Gasteiger charge is -2.05. The number of hydrogen-bond acceptors (Lipinski definition) is 5. The number of carbonyl (C=O) groups excluding carboxylic acids is 3. The summed E-state index contributed by atoms with van der Waals surface area (Å²) < 4.78 is 0. The Labute approximate surface area is 331 Å². The molecule has 0 aliphatic heterocycles. The van der Waals surface area contributed by atoms with Crippen LogP contribution >= 0.6 is 46.4 Å². The van der Waals surface area contributed by atoms with Crippen LogP contribution in [0.25, 0.3) is 34.0 Å². The monoisotopic (exact) mass is 820 g/mol. The fourth-order valence-corrected chi connectivity index (χ4v) is 6.51. The minimum atomic E-state index is -1.20. The molecule has 0 atom stereocenters. The summed E-state index contributed by atoms with van der Waals surface area (Å²) in [6.45, 7) is 0.271. The Morgan fingerprint density at radius 1 is 0.636 bits per heavy atom. The molecule has 2 heterocycles. The molecule has 0 spiro atoms. The predicted octanol–water partition coefficient (Wildman–Crippen LogP) is 8.82. The van der Waals surface area contributed by atoms with Gasteiger partial charge in [-0.25, -0.2) is 14.4 Å². The lowest BCUT2D eigenvalue weighted by Crippen LogP contribution is -2.28. The van der Waals surface area contributed by atoms with E-state index >= 15 is 0 Å². The molecule has 9 N–H and O–H groups in total. The number of carboxylic acids is 2. The molecule has 55 heavy (non-hydrogen) atoms. The maximum absolute atomic E-state index is 12.3. The van der Waals surface area contributed by atoms with Gasteiger partial charge in [0.15, 0.2) is 0 Å². The van der Waals surface area contributed by atoms with Gasteiger partial charge in [-0.15, -0.1) is 0 Å². The third-order valence-corrected chi connectivity index (χ3v) is 8.70. The highest BCUT2D eigenvalue weighted by Gasteiger charge is 2.19. The van der Waals surface area contributed by atoms with E-state index in [0.717, 1.165) is 5.56 Å². The van der Waals surface area contributed by atoms with Gasteiger partial charge in [0.25, 0.3) is 0 Å². The van der Waals surface area contributed by atoms with Gasteiger partial charge in [-0.05, 0) is 66.2 Å². The van der Waals surface area contributed by atoms with Crippen LogP contribution in [0.1, 0.15) is 37.7 Å². The van der Waals surface area contributed by atoms with E-state index < -0.39 is 23.9 Å². The summed E-state index contributed by atoms with van der Waals surface area (Å²) in [6, 6.07) is 21.2. The summed E-state index contributed by atoms with van der Waals surface area (Å²) in [7, 11) is 0. The number of rotatable bonds is 10. The minimum absolute atomic E-state index is 0.0667. The van der Waals surface area contributed by atoms with Gasteiger partial charge < -0.3 is 41.9 Å². The van der Waals surface area contributed by atoms with Crippen LogP contribution in [0.3, 0.4) is 0 Å². The lowest BCUT2D eigenvalue weighted by molar-refractivity contribution is -0.112. The van der Waals surface area contributed by atoms with Crippen molar-refractivity contribution in [3.05, 3.63) is 139 Å². The zero-order chi connectivity index (χ0) is 39.8. The molecular formula is C38H28Cl4N6O7. The summed E-state index contributed by atoms with van der Waals surface area (Å²) >= 11 is 24.3. The number of nitrogens with one attached hydrogen (secondary N) is 5. The number of carbonyl (C=O) groups is 5. The first kappa shape index (κ1) is 39.9. The maximum Gasteiger partial charge on any atom is 0.352 e. The second-order valence-electron chi connectivity index (χ2n) is 11.5. The third-order valence-electron chi connectivity index (χ3n) is 7.67. The highest BCUT2D eigenvalue weighted by Crippen LogP contribution is 2.34. The van der Waals surface area contributed by atoms with E-state index in [1.54, 1.807) is 60.7 Å². The van der Waals surface area contributed by atoms with Crippen LogP contribution in [0, 0.1) is 0 Å². The Kier molecular flexibility index (Phi) is 12.9. The molecule has 17 heteroatoms. The van der Waals surface area contributed by atoms with Crippen molar-refractivity contribution in [3.63, 3.8) is 0 Å². The minimum Gasteiger partial charge on any atom is -0.477 e. The van der Waals surface area contributed by atoms with Gasteiger partial charge in [0.2, 0.25) is 11.8 Å². The molecule has 13 nitrogen and oxygen atoms in total. The van der Waals surface area contributed by atoms with Crippen LogP contribution in [0.4, 0.5) is 16.2 Å². The van der Waals surface area contributed by atoms with Crippen molar-refractivity contribution in [2.75, 3.05) is 10.6 Å². The summed E-state index contributed by atoms with van der Waals surface area (Å²) in [5, 5.41) is 28.9. The van der Waals surface area contributed by atoms with Crippen molar-refractivity contribution in [3.8, 4) is 0 Å². The van der Waals surface area contributed by atoms with Crippen LogP contribution in [-0.2, 0) is 16.1 Å². The number of H-pyrrole nitrogens is 2. The number of aromatic carboxylic acids is 2. The number of fused-ring (bicyclic) bond motifs is 2. The van der Waals surface area contributed by atoms with Crippen molar-refractivity contribution < 1.29 is 34.2 Å². The van der Waals surface area contributed by atoms with E-state index in [9.17, 15) is 34.2 Å². The van der Waals surface area contributed by atoms with E-state index in [4.69, 9.17) is 52.1 Å². The highest BCUT2D eigenvalue weighted by molar-refractivity contribution is 6.40. The third kappa shape index (κ3) is 10.2. The summed E-state index contributed by atoms with van der Waals surface area (Å²) in [5.74, 6) is -3.21. The van der Waals surface area contributed by atoms with Gasteiger partial charge in [-0.3, -0.25) is 9.59 Å². The van der Waals surface area contributed by atoms with Gasteiger partial charge >= 0.3 is 18.0 Å². The Morgan fingerprint density at radius 3 is 1.49 bits per heavy atom. The number of aromatic nitrogens is 2. The number of nitrogens with two attached hydrogens (primary N) is 1. The first-order valence-corrected chi connectivity index (χ1v) is 17.3. The van der Waals surface area contributed by atoms with Crippen molar-refractivity contribution in [1.82, 2.24) is 15.3 Å². The van der Waals surface area contributed by atoms with Crippen LogP contribution in [-0.4, -0.2) is 50.0 Å². The second kappa shape index (κ2) is 17.7.